The minimum Gasteiger partial charge on any atom is -0.384 e. The van der Waals surface area contributed by atoms with Gasteiger partial charge in [-0.05, 0) is 32.4 Å². The van der Waals surface area contributed by atoms with Gasteiger partial charge >= 0.3 is 0 Å². The van der Waals surface area contributed by atoms with Gasteiger partial charge in [0, 0.05) is 32.0 Å². The number of nitrogens with one attached hydrogen (secondary N) is 1. The number of amides is 1. The van der Waals surface area contributed by atoms with Crippen LogP contribution < -0.4 is 5.32 Å². The van der Waals surface area contributed by atoms with Crippen LogP contribution in [0.15, 0.2) is 0 Å². The van der Waals surface area contributed by atoms with Gasteiger partial charge in [-0.25, -0.2) is 0 Å². The van der Waals surface area contributed by atoms with E-state index in [9.17, 15) is 4.79 Å². The molecule has 0 aromatic heterocycles. The van der Waals surface area contributed by atoms with Crippen LogP contribution >= 0.6 is 0 Å². The number of rotatable bonds is 3. The Hall–Kier alpha value is -0.610. The fraction of sp³-hybridized carbons (Fsp3) is 0.917. The number of carbonyl (C=O) groups excluding carboxylic acids is 1. The number of piperidine rings is 1. The molecule has 2 aliphatic heterocycles. The van der Waals surface area contributed by atoms with E-state index in [1.54, 1.807) is 7.11 Å². The predicted octanol–water partition coefficient (Wildman–Crippen LogP) is 0.481. The highest BCUT2D eigenvalue weighted by molar-refractivity contribution is 5.79. The van der Waals surface area contributed by atoms with Gasteiger partial charge in [0.05, 0.1) is 6.61 Å². The molecular weight excluding hydrogens is 204 g/mol. The van der Waals surface area contributed by atoms with Crippen molar-refractivity contribution in [1.82, 2.24) is 10.2 Å². The van der Waals surface area contributed by atoms with Gasteiger partial charge in [0.25, 0.3) is 0 Å². The molecule has 2 heterocycles. The molecule has 0 saturated carbocycles. The van der Waals surface area contributed by atoms with Crippen molar-refractivity contribution in [3.05, 3.63) is 0 Å². The highest BCUT2D eigenvalue weighted by Gasteiger charge is 2.31. The van der Waals surface area contributed by atoms with Crippen LogP contribution in [0.4, 0.5) is 0 Å². The Bertz CT molecular complexity index is 239. The van der Waals surface area contributed by atoms with Gasteiger partial charge in [-0.3, -0.25) is 4.79 Å². The molecule has 0 spiro atoms. The number of nitrogens with zero attached hydrogens (tertiary/aromatic N) is 1. The zero-order valence-corrected chi connectivity index (χ0v) is 10.1. The zero-order chi connectivity index (χ0) is 11.4. The van der Waals surface area contributed by atoms with Gasteiger partial charge in [-0.2, -0.15) is 0 Å². The summed E-state index contributed by atoms with van der Waals surface area (Å²) in [7, 11) is 1.73. The molecule has 1 atom stereocenters. The summed E-state index contributed by atoms with van der Waals surface area (Å²) in [6.45, 7) is 4.60. The summed E-state index contributed by atoms with van der Waals surface area (Å²) in [4.78, 5) is 14.2. The average molecular weight is 226 g/mol. The van der Waals surface area contributed by atoms with Crippen molar-refractivity contribution in [2.75, 3.05) is 39.9 Å². The largest absolute Gasteiger partial charge is 0.384 e. The normalized spacial score (nSPS) is 27.3. The van der Waals surface area contributed by atoms with Crippen molar-refractivity contribution in [3.63, 3.8) is 0 Å². The lowest BCUT2D eigenvalue weighted by Gasteiger charge is -2.26. The SMILES string of the molecule is COC[C@H]1CCN(C(=O)C2CCNCC2)C1. The van der Waals surface area contributed by atoms with Gasteiger partial charge in [-0.1, -0.05) is 0 Å². The third-order valence-corrected chi connectivity index (χ3v) is 3.69. The fourth-order valence-electron chi connectivity index (χ4n) is 2.73. The van der Waals surface area contributed by atoms with Crippen LogP contribution in [0, 0.1) is 11.8 Å². The number of hydrogen-bond acceptors (Lipinski definition) is 3. The Balaban J connectivity index is 1.81. The van der Waals surface area contributed by atoms with Crippen LogP contribution in [0.5, 0.6) is 0 Å². The van der Waals surface area contributed by atoms with Crippen molar-refractivity contribution in [2.45, 2.75) is 19.3 Å². The van der Waals surface area contributed by atoms with Crippen molar-refractivity contribution in [1.29, 1.82) is 0 Å². The maximum Gasteiger partial charge on any atom is 0.225 e. The maximum atomic E-state index is 12.2. The molecule has 92 valence electrons. The van der Waals surface area contributed by atoms with Crippen LogP contribution in [-0.4, -0.2) is 50.7 Å². The number of likely N-dealkylation sites (tertiary alicyclic amines) is 1. The standard InChI is InChI=1S/C12H22N2O2/c1-16-9-10-4-7-14(8-10)12(15)11-2-5-13-6-3-11/h10-11,13H,2-9H2,1H3/t10-/m0/s1. The second-order valence-corrected chi connectivity index (χ2v) is 4.92. The lowest BCUT2D eigenvalue weighted by Crippen LogP contribution is -2.40. The van der Waals surface area contributed by atoms with Gasteiger partial charge in [0.15, 0.2) is 0 Å². The molecule has 2 aliphatic rings. The van der Waals surface area contributed by atoms with Crippen molar-refractivity contribution in [3.8, 4) is 0 Å². The monoisotopic (exact) mass is 226 g/mol. The third kappa shape index (κ3) is 2.74. The second kappa shape index (κ2) is 5.64. The predicted molar refractivity (Wildman–Crippen MR) is 62.2 cm³/mol. The molecule has 2 saturated heterocycles. The molecule has 0 aliphatic carbocycles. The van der Waals surface area contributed by atoms with E-state index in [0.717, 1.165) is 52.0 Å². The van der Waals surface area contributed by atoms with Crippen molar-refractivity contribution >= 4 is 5.91 Å². The molecule has 2 rings (SSSR count). The molecule has 4 nitrogen and oxygen atoms in total. The quantitative estimate of drug-likeness (QED) is 0.761. The molecule has 4 heteroatoms. The van der Waals surface area contributed by atoms with Crippen LogP contribution in [0.25, 0.3) is 0 Å². The van der Waals surface area contributed by atoms with E-state index >= 15 is 0 Å². The number of ether oxygens (including phenoxy) is 1. The highest BCUT2D eigenvalue weighted by Crippen LogP contribution is 2.22. The molecule has 1 N–H and O–H groups in total. The van der Waals surface area contributed by atoms with E-state index in [0.29, 0.717) is 11.8 Å². The second-order valence-electron chi connectivity index (χ2n) is 4.92. The summed E-state index contributed by atoms with van der Waals surface area (Å²) >= 11 is 0. The Morgan fingerprint density at radius 3 is 2.81 bits per heavy atom. The molecule has 0 bridgehead atoms. The lowest BCUT2D eigenvalue weighted by molar-refractivity contribution is -0.135. The number of methoxy groups -OCH3 is 1. The molecule has 0 aromatic rings. The zero-order valence-electron chi connectivity index (χ0n) is 10.1. The summed E-state index contributed by atoms with van der Waals surface area (Å²) < 4.78 is 5.15. The van der Waals surface area contributed by atoms with Crippen LogP contribution in [0.3, 0.4) is 0 Å². The summed E-state index contributed by atoms with van der Waals surface area (Å²) in [5.41, 5.74) is 0. The minimum absolute atomic E-state index is 0.266. The van der Waals surface area contributed by atoms with E-state index in [4.69, 9.17) is 4.74 Å². The van der Waals surface area contributed by atoms with Crippen LogP contribution in [-0.2, 0) is 9.53 Å². The smallest absolute Gasteiger partial charge is 0.225 e. The average Bonchev–Trinajstić information content (AvgIpc) is 2.78. The van der Waals surface area contributed by atoms with Gasteiger partial charge in [-0.15, -0.1) is 0 Å². The third-order valence-electron chi connectivity index (χ3n) is 3.69. The van der Waals surface area contributed by atoms with Gasteiger partial charge in [0.1, 0.15) is 0 Å². The topological polar surface area (TPSA) is 41.6 Å². The van der Waals surface area contributed by atoms with E-state index in [2.05, 4.69) is 5.32 Å². The first-order valence-electron chi connectivity index (χ1n) is 6.29. The molecule has 16 heavy (non-hydrogen) atoms. The molecule has 0 radical (unpaired) electrons. The molecule has 2 fully saturated rings. The Morgan fingerprint density at radius 1 is 1.38 bits per heavy atom. The molecular formula is C12H22N2O2. The Labute approximate surface area is 97.3 Å². The maximum absolute atomic E-state index is 12.2. The van der Waals surface area contributed by atoms with E-state index in [1.807, 2.05) is 4.90 Å². The summed E-state index contributed by atoms with van der Waals surface area (Å²) in [5, 5.41) is 3.30. The summed E-state index contributed by atoms with van der Waals surface area (Å²) in [5.74, 6) is 1.19. The highest BCUT2D eigenvalue weighted by atomic mass is 16.5. The van der Waals surface area contributed by atoms with Crippen LogP contribution in [0.1, 0.15) is 19.3 Å². The number of hydrogen-bond donors (Lipinski definition) is 1. The Kier molecular flexibility index (Phi) is 4.18. The van der Waals surface area contributed by atoms with Gasteiger partial charge in [0.2, 0.25) is 5.91 Å². The first kappa shape index (κ1) is 11.9. The van der Waals surface area contributed by atoms with E-state index in [-0.39, 0.29) is 5.92 Å². The van der Waals surface area contributed by atoms with Crippen molar-refractivity contribution in [2.24, 2.45) is 11.8 Å². The van der Waals surface area contributed by atoms with Crippen LogP contribution in [0.2, 0.25) is 0 Å². The number of carbonyl (C=O) groups is 1. The molecule has 0 unspecified atom stereocenters. The first-order chi connectivity index (χ1) is 7.81. The van der Waals surface area contributed by atoms with E-state index < -0.39 is 0 Å². The van der Waals surface area contributed by atoms with Gasteiger partial charge < -0.3 is 15.0 Å². The Morgan fingerprint density at radius 2 is 2.12 bits per heavy atom. The summed E-state index contributed by atoms with van der Waals surface area (Å²) in [6.07, 6.45) is 3.11. The minimum atomic E-state index is 0.266. The molecule has 0 aromatic carbocycles. The lowest BCUT2D eigenvalue weighted by atomic mass is 9.97. The van der Waals surface area contributed by atoms with E-state index in [1.165, 1.54) is 0 Å². The summed E-state index contributed by atoms with van der Waals surface area (Å²) in [6, 6.07) is 0. The van der Waals surface area contributed by atoms with Crippen molar-refractivity contribution < 1.29 is 9.53 Å². The molecule has 1 amide bonds. The fourth-order valence-corrected chi connectivity index (χ4v) is 2.73. The first-order valence-corrected chi connectivity index (χ1v) is 6.29.